The molecule has 0 fully saturated rings. The molecule has 1 unspecified atom stereocenters. The highest BCUT2D eigenvalue weighted by Crippen LogP contribution is 1.55. The van der Waals surface area contributed by atoms with Gasteiger partial charge in [-0.2, -0.15) is 0 Å². The van der Waals surface area contributed by atoms with Crippen molar-refractivity contribution < 1.29 is 10.1 Å². The molecule has 0 aromatic carbocycles. The lowest BCUT2D eigenvalue weighted by Crippen LogP contribution is -3.05. The second-order valence-electron chi connectivity index (χ2n) is 1.30. The van der Waals surface area contributed by atoms with Crippen LogP contribution in [-0.2, 0) is 4.84 Å². The average molecular weight is 117 g/mol. The molecule has 8 heavy (non-hydrogen) atoms. The molecule has 0 aliphatic heterocycles. The van der Waals surface area contributed by atoms with Gasteiger partial charge in [0.05, 0.1) is 0 Å². The molecule has 1 N–H and O–H groups in total. The first-order chi connectivity index (χ1) is 3.81. The Balaban J connectivity index is 3.03. The van der Waals surface area contributed by atoms with Gasteiger partial charge in [0.25, 0.3) is 0 Å². The summed E-state index contributed by atoms with van der Waals surface area (Å²) in [7, 11) is 0. The third kappa shape index (κ3) is 3.80. The van der Waals surface area contributed by atoms with E-state index in [1.54, 1.807) is 6.92 Å². The highest BCUT2D eigenvalue weighted by Gasteiger charge is 1.87. The molecular weight excluding hydrogens is 106 g/mol. The highest BCUT2D eigenvalue weighted by atomic mass is 16.9. The van der Waals surface area contributed by atoms with Crippen molar-refractivity contribution in [1.82, 2.24) is 0 Å². The molecule has 0 aromatic rings. The van der Waals surface area contributed by atoms with Crippen LogP contribution in [0, 0.1) is 5.21 Å². The summed E-state index contributed by atoms with van der Waals surface area (Å²) in [5.74, 6) is 0. The second-order valence-corrected chi connectivity index (χ2v) is 1.30. The van der Waals surface area contributed by atoms with Crippen molar-refractivity contribution in [2.75, 3.05) is 13.2 Å². The van der Waals surface area contributed by atoms with E-state index in [4.69, 9.17) is 0 Å². The van der Waals surface area contributed by atoms with Crippen LogP contribution in [0.3, 0.4) is 0 Å². The summed E-state index contributed by atoms with van der Waals surface area (Å²) in [6.07, 6.45) is 1.53. The summed E-state index contributed by atoms with van der Waals surface area (Å²) < 4.78 is 0. The Hall–Kier alpha value is -0.380. The van der Waals surface area contributed by atoms with Crippen molar-refractivity contribution in [2.24, 2.45) is 0 Å². The number of rotatable bonds is 4. The molecule has 3 nitrogen and oxygen atoms in total. The summed E-state index contributed by atoms with van der Waals surface area (Å²) in [5, 5.41) is 10.1. The van der Waals surface area contributed by atoms with Crippen LogP contribution in [0.15, 0.2) is 12.7 Å². The minimum atomic E-state index is -0.206. The van der Waals surface area contributed by atoms with Gasteiger partial charge >= 0.3 is 0 Å². The normalized spacial score (nSPS) is 13.2. The third-order valence-corrected chi connectivity index (χ3v) is 0.616. The lowest BCUT2D eigenvalue weighted by Gasteiger charge is -2.15. The molecule has 0 saturated heterocycles. The fraction of sp³-hybridized carbons (Fsp3) is 0.600. The number of quaternary nitrogens is 1. The maximum absolute atomic E-state index is 10.3. The summed E-state index contributed by atoms with van der Waals surface area (Å²) >= 11 is 0. The van der Waals surface area contributed by atoms with Gasteiger partial charge in [-0.1, -0.05) is 6.58 Å². The van der Waals surface area contributed by atoms with Gasteiger partial charge in [0.1, 0.15) is 13.2 Å². The highest BCUT2D eigenvalue weighted by molar-refractivity contribution is 4.61. The van der Waals surface area contributed by atoms with Crippen LogP contribution in [0.2, 0.25) is 0 Å². The number of nitrogens with one attached hydrogen (secondary N) is 1. The van der Waals surface area contributed by atoms with E-state index in [1.807, 2.05) is 0 Å². The van der Waals surface area contributed by atoms with Crippen LogP contribution in [0.1, 0.15) is 6.92 Å². The van der Waals surface area contributed by atoms with Gasteiger partial charge in [0.15, 0.2) is 0 Å². The Morgan fingerprint density at radius 3 is 2.88 bits per heavy atom. The molecule has 0 radical (unpaired) electrons. The maximum Gasteiger partial charge on any atom is 0.125 e. The van der Waals surface area contributed by atoms with E-state index in [-0.39, 0.29) is 5.23 Å². The zero-order chi connectivity index (χ0) is 6.41. The molecule has 0 heterocycles. The van der Waals surface area contributed by atoms with E-state index in [9.17, 15) is 5.21 Å². The molecule has 48 valence electrons. The van der Waals surface area contributed by atoms with Crippen molar-refractivity contribution in [3.8, 4) is 0 Å². The van der Waals surface area contributed by atoms with Crippen LogP contribution in [0.5, 0.6) is 0 Å². The number of hydroxylamine groups is 2. The summed E-state index contributed by atoms with van der Waals surface area (Å²) in [6, 6.07) is 0. The van der Waals surface area contributed by atoms with E-state index in [1.165, 1.54) is 6.08 Å². The van der Waals surface area contributed by atoms with Gasteiger partial charge in [-0.3, -0.25) is 0 Å². The van der Waals surface area contributed by atoms with Crippen LogP contribution in [0.25, 0.3) is 0 Å². The standard InChI is InChI=1S/C5H11NO2/c1-3-5-6(7)8-4-2/h3,6H,1,4-5H2,2H3. The Kier molecular flexibility index (Phi) is 4.54. The Morgan fingerprint density at radius 1 is 1.88 bits per heavy atom. The Labute approximate surface area is 49.1 Å². The SMILES string of the molecule is C=CC[NH+]([O-])OCC. The monoisotopic (exact) mass is 117 g/mol. The molecular formula is C5H11NO2. The molecule has 0 amide bonds. The molecule has 0 saturated carbocycles. The molecule has 1 atom stereocenters. The molecule has 0 bridgehead atoms. The smallest absolute Gasteiger partial charge is 0.125 e. The molecule has 3 heteroatoms. The predicted octanol–water partition coefficient (Wildman–Crippen LogP) is -0.493. The minimum absolute atomic E-state index is 0.206. The number of hydrogen-bond acceptors (Lipinski definition) is 2. The van der Waals surface area contributed by atoms with E-state index < -0.39 is 0 Å². The van der Waals surface area contributed by atoms with Crippen LogP contribution in [0.4, 0.5) is 0 Å². The topological polar surface area (TPSA) is 36.7 Å². The van der Waals surface area contributed by atoms with Crippen molar-refractivity contribution in [3.63, 3.8) is 0 Å². The Bertz CT molecular complexity index is 65.4. The van der Waals surface area contributed by atoms with Crippen molar-refractivity contribution in [1.29, 1.82) is 0 Å². The first kappa shape index (κ1) is 7.62. The molecule has 0 aromatic heterocycles. The van der Waals surface area contributed by atoms with Crippen molar-refractivity contribution in [3.05, 3.63) is 17.9 Å². The summed E-state index contributed by atoms with van der Waals surface area (Å²) in [5.41, 5.74) is 0. The number of hydrogen-bond donors (Lipinski definition) is 1. The lowest BCUT2D eigenvalue weighted by molar-refractivity contribution is -1.05. The quantitative estimate of drug-likeness (QED) is 0.398. The largest absolute Gasteiger partial charge is 0.600 e. The van der Waals surface area contributed by atoms with Crippen LogP contribution in [-0.4, -0.2) is 13.2 Å². The lowest BCUT2D eigenvalue weighted by atomic mass is 10.7. The first-order valence-corrected chi connectivity index (χ1v) is 2.57. The molecule has 0 aliphatic rings. The van der Waals surface area contributed by atoms with Gasteiger partial charge in [0, 0.05) is 0 Å². The van der Waals surface area contributed by atoms with Gasteiger partial charge < -0.3 is 5.21 Å². The van der Waals surface area contributed by atoms with E-state index in [0.717, 1.165) is 0 Å². The first-order valence-electron chi connectivity index (χ1n) is 2.57. The maximum atomic E-state index is 10.3. The zero-order valence-electron chi connectivity index (χ0n) is 5.02. The molecule has 0 spiro atoms. The van der Waals surface area contributed by atoms with Crippen molar-refractivity contribution >= 4 is 0 Å². The molecule has 0 rings (SSSR count). The Morgan fingerprint density at radius 2 is 2.50 bits per heavy atom. The molecule has 0 aliphatic carbocycles. The summed E-state index contributed by atoms with van der Waals surface area (Å²) in [6.45, 7) is 5.93. The fourth-order valence-electron chi connectivity index (χ4n) is 0.338. The minimum Gasteiger partial charge on any atom is -0.600 e. The average Bonchev–Trinajstić information content (AvgIpc) is 1.68. The van der Waals surface area contributed by atoms with Gasteiger partial charge in [-0.15, -0.1) is 0 Å². The van der Waals surface area contributed by atoms with Gasteiger partial charge in [-0.25, -0.2) is 10.1 Å². The predicted molar refractivity (Wildman–Crippen MR) is 31.0 cm³/mol. The third-order valence-electron chi connectivity index (χ3n) is 0.616. The van der Waals surface area contributed by atoms with Gasteiger partial charge in [-0.05, 0) is 13.0 Å². The second kappa shape index (κ2) is 4.77. The van der Waals surface area contributed by atoms with E-state index >= 15 is 0 Å². The summed E-state index contributed by atoms with van der Waals surface area (Å²) in [4.78, 5) is 4.57. The van der Waals surface area contributed by atoms with E-state index in [2.05, 4.69) is 11.4 Å². The zero-order valence-corrected chi connectivity index (χ0v) is 5.02. The van der Waals surface area contributed by atoms with Crippen LogP contribution < -0.4 is 5.23 Å². The van der Waals surface area contributed by atoms with E-state index in [0.29, 0.717) is 13.2 Å². The van der Waals surface area contributed by atoms with Crippen molar-refractivity contribution in [2.45, 2.75) is 6.92 Å². The van der Waals surface area contributed by atoms with Gasteiger partial charge in [0.2, 0.25) is 0 Å². The van der Waals surface area contributed by atoms with Crippen LogP contribution >= 0.6 is 0 Å². The fourth-order valence-corrected chi connectivity index (χ4v) is 0.338.